The van der Waals surface area contributed by atoms with E-state index in [0.717, 1.165) is 54.5 Å². The van der Waals surface area contributed by atoms with Crippen LogP contribution in [0.3, 0.4) is 0 Å². The van der Waals surface area contributed by atoms with Crippen molar-refractivity contribution >= 4 is 17.7 Å². The van der Waals surface area contributed by atoms with E-state index in [9.17, 15) is 4.79 Å². The predicted octanol–water partition coefficient (Wildman–Crippen LogP) is 2.70. The highest BCUT2D eigenvalue weighted by molar-refractivity contribution is 7.98. The predicted molar refractivity (Wildman–Crippen MR) is 99.6 cm³/mol. The van der Waals surface area contributed by atoms with E-state index in [2.05, 4.69) is 32.3 Å². The van der Waals surface area contributed by atoms with Gasteiger partial charge in [-0.05, 0) is 43.5 Å². The second kappa shape index (κ2) is 9.01. The molecule has 1 saturated heterocycles. The average Bonchev–Trinajstić information content (AvgIpc) is 3.16. The van der Waals surface area contributed by atoms with Gasteiger partial charge in [0.2, 0.25) is 0 Å². The van der Waals surface area contributed by atoms with Crippen LogP contribution in [0.15, 0.2) is 35.7 Å². The van der Waals surface area contributed by atoms with Gasteiger partial charge in [0.1, 0.15) is 6.33 Å². The molecule has 0 saturated carbocycles. The molecular formula is C18H25N5OS. The Bertz CT molecular complexity index is 651. The fraction of sp³-hybridized carbons (Fsp3) is 0.500. The lowest BCUT2D eigenvalue weighted by molar-refractivity contribution is 0.0911. The van der Waals surface area contributed by atoms with Gasteiger partial charge in [0.25, 0.3) is 5.91 Å². The number of rotatable bonds is 7. The second-order valence-electron chi connectivity index (χ2n) is 6.37. The largest absolute Gasteiger partial charge is 0.349 e. The number of aromatic amines is 1. The van der Waals surface area contributed by atoms with Crippen molar-refractivity contribution in [2.45, 2.75) is 43.1 Å². The fourth-order valence-corrected chi connectivity index (χ4v) is 3.79. The minimum absolute atomic E-state index is 0.0309. The van der Waals surface area contributed by atoms with Gasteiger partial charge in [0.15, 0.2) is 5.16 Å². The van der Waals surface area contributed by atoms with E-state index in [1.54, 1.807) is 11.8 Å². The summed E-state index contributed by atoms with van der Waals surface area (Å²) in [5, 5.41) is 10.6. The van der Waals surface area contributed by atoms with Crippen molar-refractivity contribution in [2.75, 3.05) is 19.6 Å². The molecule has 0 atom stereocenters. The Morgan fingerprint density at radius 2 is 2.08 bits per heavy atom. The first kappa shape index (κ1) is 17.9. The summed E-state index contributed by atoms with van der Waals surface area (Å²) in [6, 6.07) is 8.10. The Morgan fingerprint density at radius 3 is 2.72 bits per heavy atom. The van der Waals surface area contributed by atoms with Crippen molar-refractivity contribution in [2.24, 2.45) is 0 Å². The van der Waals surface area contributed by atoms with Crippen molar-refractivity contribution in [1.82, 2.24) is 25.4 Å². The van der Waals surface area contributed by atoms with Crippen molar-refractivity contribution < 1.29 is 4.79 Å². The topological polar surface area (TPSA) is 73.9 Å². The third-order valence-electron chi connectivity index (χ3n) is 4.45. The SMILES string of the molecule is CCCN1CCC(NC(=O)c2ccc(CSc3ncn[nH]3)cc2)CC1. The molecule has 1 aliphatic rings. The number of nitrogens with zero attached hydrogens (tertiary/aromatic N) is 3. The molecule has 1 amide bonds. The molecule has 1 aromatic heterocycles. The molecule has 3 rings (SSSR count). The first-order valence-electron chi connectivity index (χ1n) is 8.85. The summed E-state index contributed by atoms with van der Waals surface area (Å²) < 4.78 is 0. The number of H-pyrrole nitrogens is 1. The summed E-state index contributed by atoms with van der Waals surface area (Å²) in [5.74, 6) is 0.829. The molecule has 2 heterocycles. The number of hydrogen-bond donors (Lipinski definition) is 2. The van der Waals surface area contributed by atoms with Crippen molar-refractivity contribution in [3.8, 4) is 0 Å². The van der Waals surface area contributed by atoms with Crippen LogP contribution in [-0.2, 0) is 5.75 Å². The number of hydrogen-bond acceptors (Lipinski definition) is 5. The summed E-state index contributed by atoms with van der Waals surface area (Å²) in [4.78, 5) is 19.0. The van der Waals surface area contributed by atoms with Crippen molar-refractivity contribution in [1.29, 1.82) is 0 Å². The lowest BCUT2D eigenvalue weighted by Gasteiger charge is -2.32. The Labute approximate surface area is 152 Å². The molecule has 0 unspecified atom stereocenters. The van der Waals surface area contributed by atoms with Crippen LogP contribution in [0.5, 0.6) is 0 Å². The van der Waals surface area contributed by atoms with Crippen LogP contribution in [0.4, 0.5) is 0 Å². The lowest BCUT2D eigenvalue weighted by atomic mass is 10.0. The summed E-state index contributed by atoms with van der Waals surface area (Å²) in [5.41, 5.74) is 1.88. The maximum Gasteiger partial charge on any atom is 0.251 e. The van der Waals surface area contributed by atoms with Gasteiger partial charge >= 0.3 is 0 Å². The van der Waals surface area contributed by atoms with Crippen LogP contribution in [0.25, 0.3) is 0 Å². The summed E-state index contributed by atoms with van der Waals surface area (Å²) in [7, 11) is 0. The van der Waals surface area contributed by atoms with Crippen LogP contribution < -0.4 is 5.32 Å². The van der Waals surface area contributed by atoms with Crippen molar-refractivity contribution in [3.05, 3.63) is 41.7 Å². The third kappa shape index (κ3) is 5.31. The highest BCUT2D eigenvalue weighted by Gasteiger charge is 2.20. The molecule has 25 heavy (non-hydrogen) atoms. The molecule has 0 spiro atoms. The Morgan fingerprint density at radius 1 is 1.32 bits per heavy atom. The number of carbonyl (C=O) groups excluding carboxylic acids is 1. The van der Waals surface area contributed by atoms with E-state index in [-0.39, 0.29) is 5.91 Å². The van der Waals surface area contributed by atoms with E-state index < -0.39 is 0 Å². The molecule has 2 aromatic rings. The quantitative estimate of drug-likeness (QED) is 0.744. The highest BCUT2D eigenvalue weighted by atomic mass is 32.2. The van der Waals surface area contributed by atoms with Gasteiger partial charge in [0, 0.05) is 30.4 Å². The summed E-state index contributed by atoms with van der Waals surface area (Å²) >= 11 is 1.59. The maximum atomic E-state index is 12.4. The smallest absolute Gasteiger partial charge is 0.251 e. The normalized spacial score (nSPS) is 16.0. The highest BCUT2D eigenvalue weighted by Crippen LogP contribution is 2.19. The molecule has 134 valence electrons. The van der Waals surface area contributed by atoms with Crippen LogP contribution >= 0.6 is 11.8 Å². The van der Waals surface area contributed by atoms with Gasteiger partial charge < -0.3 is 10.2 Å². The average molecular weight is 359 g/mol. The van der Waals surface area contributed by atoms with E-state index in [1.807, 2.05) is 24.3 Å². The number of benzene rings is 1. The first-order valence-corrected chi connectivity index (χ1v) is 9.83. The van der Waals surface area contributed by atoms with E-state index in [1.165, 1.54) is 12.7 Å². The molecular weight excluding hydrogens is 334 g/mol. The molecule has 1 aromatic carbocycles. The van der Waals surface area contributed by atoms with E-state index in [4.69, 9.17) is 0 Å². The van der Waals surface area contributed by atoms with E-state index >= 15 is 0 Å². The number of nitrogens with one attached hydrogen (secondary N) is 2. The minimum Gasteiger partial charge on any atom is -0.349 e. The van der Waals surface area contributed by atoms with Gasteiger partial charge in [0.05, 0.1) is 0 Å². The van der Waals surface area contributed by atoms with Gasteiger partial charge in [-0.3, -0.25) is 9.89 Å². The van der Waals surface area contributed by atoms with Crippen LogP contribution in [0.1, 0.15) is 42.1 Å². The zero-order valence-corrected chi connectivity index (χ0v) is 15.4. The van der Waals surface area contributed by atoms with Gasteiger partial charge in [-0.2, -0.15) is 5.10 Å². The molecule has 1 fully saturated rings. The number of amides is 1. The molecule has 0 bridgehead atoms. The Balaban J connectivity index is 1.46. The van der Waals surface area contributed by atoms with E-state index in [0.29, 0.717) is 6.04 Å². The van der Waals surface area contributed by atoms with Crippen LogP contribution in [0.2, 0.25) is 0 Å². The molecule has 7 heteroatoms. The zero-order chi connectivity index (χ0) is 17.5. The molecule has 0 radical (unpaired) electrons. The maximum absolute atomic E-state index is 12.4. The Hall–Kier alpha value is -1.86. The number of carbonyl (C=O) groups is 1. The number of likely N-dealkylation sites (tertiary alicyclic amines) is 1. The molecule has 1 aliphatic heterocycles. The fourth-order valence-electron chi connectivity index (χ4n) is 3.05. The standard InChI is InChI=1S/C18H25N5OS/c1-2-9-23-10-7-16(8-11-23)21-17(24)15-5-3-14(4-6-15)12-25-18-19-13-20-22-18/h3-6,13,16H,2,7-12H2,1H3,(H,21,24)(H,19,20,22). The molecule has 2 N–H and O–H groups in total. The number of aromatic nitrogens is 3. The van der Waals surface area contributed by atoms with Gasteiger partial charge in [-0.15, -0.1) is 0 Å². The molecule has 6 nitrogen and oxygen atoms in total. The zero-order valence-electron chi connectivity index (χ0n) is 14.6. The van der Waals surface area contributed by atoms with Crippen LogP contribution in [0, 0.1) is 0 Å². The summed E-state index contributed by atoms with van der Waals surface area (Å²) in [6.07, 6.45) is 4.77. The summed E-state index contributed by atoms with van der Waals surface area (Å²) in [6.45, 7) is 5.53. The lowest BCUT2D eigenvalue weighted by Crippen LogP contribution is -2.44. The van der Waals surface area contributed by atoms with Crippen molar-refractivity contribution in [3.63, 3.8) is 0 Å². The van der Waals surface area contributed by atoms with Crippen LogP contribution in [-0.4, -0.2) is 51.7 Å². The number of piperidine rings is 1. The molecule has 0 aliphatic carbocycles. The number of thioether (sulfide) groups is 1. The second-order valence-corrected chi connectivity index (χ2v) is 7.33. The third-order valence-corrected chi connectivity index (χ3v) is 5.40. The van der Waals surface area contributed by atoms with Gasteiger partial charge in [-0.25, -0.2) is 4.98 Å². The monoisotopic (exact) mass is 359 g/mol. The first-order chi connectivity index (χ1) is 12.2. The Kier molecular flexibility index (Phi) is 6.47. The minimum atomic E-state index is 0.0309. The van der Waals surface area contributed by atoms with Gasteiger partial charge in [-0.1, -0.05) is 30.8 Å².